The zero-order chi connectivity index (χ0) is 22.3. The van der Waals surface area contributed by atoms with Crippen LogP contribution >= 0.6 is 0 Å². The Morgan fingerprint density at radius 1 is 0.767 bits per heavy atom. The summed E-state index contributed by atoms with van der Waals surface area (Å²) in [5, 5.41) is 0. The summed E-state index contributed by atoms with van der Waals surface area (Å²) in [5.41, 5.74) is 0. The predicted octanol–water partition coefficient (Wildman–Crippen LogP) is 1.15. The molecule has 0 aliphatic carbocycles. The molecule has 164 valence electrons. The largest absolute Gasteiger partial charge is 0.463 e. The third-order valence-electron chi connectivity index (χ3n) is 3.94. The van der Waals surface area contributed by atoms with Crippen LogP contribution in [0.15, 0.2) is 30.3 Å². The van der Waals surface area contributed by atoms with Crippen LogP contribution in [-0.4, -0.2) is 61.2 Å². The zero-order valence-electron chi connectivity index (χ0n) is 17.1. The maximum atomic E-state index is 11.7. The lowest BCUT2D eigenvalue weighted by Crippen LogP contribution is -2.63. The summed E-state index contributed by atoms with van der Waals surface area (Å²) in [6.07, 6.45) is -6.04. The number of benzene rings is 1. The van der Waals surface area contributed by atoms with Crippen LogP contribution in [0.2, 0.25) is 0 Å². The maximum absolute atomic E-state index is 11.7. The van der Waals surface area contributed by atoms with Crippen LogP contribution in [0, 0.1) is 0 Å². The van der Waals surface area contributed by atoms with E-state index in [0.717, 1.165) is 20.8 Å². The van der Waals surface area contributed by atoms with Crippen molar-refractivity contribution in [2.45, 2.75) is 58.4 Å². The monoisotopic (exact) mass is 424 g/mol. The molecular weight excluding hydrogens is 400 g/mol. The van der Waals surface area contributed by atoms with Crippen molar-refractivity contribution in [3.05, 3.63) is 30.3 Å². The average Bonchev–Trinajstić information content (AvgIpc) is 2.64. The number of hydrogen-bond donors (Lipinski definition) is 0. The summed E-state index contributed by atoms with van der Waals surface area (Å²) < 4.78 is 32.6. The first-order valence-electron chi connectivity index (χ1n) is 9.19. The normalized spacial score (nSPS) is 25.5. The number of carbonyl (C=O) groups excluding carboxylic acids is 4. The highest BCUT2D eigenvalue weighted by Crippen LogP contribution is 2.30. The summed E-state index contributed by atoms with van der Waals surface area (Å²) in [7, 11) is 0. The number of rotatable bonds is 7. The number of ether oxygens (including phenoxy) is 6. The Morgan fingerprint density at radius 2 is 1.30 bits per heavy atom. The van der Waals surface area contributed by atoms with Crippen LogP contribution in [0.5, 0.6) is 5.75 Å². The van der Waals surface area contributed by atoms with Gasteiger partial charge in [-0.05, 0) is 12.1 Å². The maximum Gasteiger partial charge on any atom is 0.303 e. The molecule has 0 bridgehead atoms. The molecular formula is C20H24O10. The molecule has 30 heavy (non-hydrogen) atoms. The van der Waals surface area contributed by atoms with Gasteiger partial charge in [0.2, 0.25) is 12.4 Å². The molecule has 1 unspecified atom stereocenters. The second kappa shape index (κ2) is 10.6. The second-order valence-electron chi connectivity index (χ2n) is 6.50. The fourth-order valence-corrected chi connectivity index (χ4v) is 2.92. The van der Waals surface area contributed by atoms with Crippen LogP contribution in [-0.2, 0) is 42.9 Å². The van der Waals surface area contributed by atoms with Crippen LogP contribution in [0.3, 0.4) is 0 Å². The fourth-order valence-electron chi connectivity index (χ4n) is 2.92. The van der Waals surface area contributed by atoms with Crippen molar-refractivity contribution in [1.29, 1.82) is 0 Å². The molecule has 0 aromatic heterocycles. The molecule has 1 heterocycles. The molecule has 0 N–H and O–H groups in total. The van der Waals surface area contributed by atoms with Crippen molar-refractivity contribution in [3.8, 4) is 5.75 Å². The van der Waals surface area contributed by atoms with Crippen molar-refractivity contribution in [2.75, 3.05) is 6.61 Å². The van der Waals surface area contributed by atoms with E-state index in [9.17, 15) is 19.2 Å². The third kappa shape index (κ3) is 6.73. The molecule has 1 aromatic carbocycles. The molecule has 1 aliphatic rings. The molecule has 10 nitrogen and oxygen atoms in total. The van der Waals surface area contributed by atoms with Gasteiger partial charge in [0.1, 0.15) is 18.5 Å². The molecule has 0 amide bonds. The fraction of sp³-hybridized carbons (Fsp3) is 0.500. The van der Waals surface area contributed by atoms with Gasteiger partial charge in [-0.3, -0.25) is 19.2 Å². The molecule has 1 saturated heterocycles. The minimum absolute atomic E-state index is 0.313. The van der Waals surface area contributed by atoms with E-state index in [2.05, 4.69) is 0 Å². The van der Waals surface area contributed by atoms with Crippen molar-refractivity contribution in [3.63, 3.8) is 0 Å². The summed E-state index contributed by atoms with van der Waals surface area (Å²) >= 11 is 0. The van der Waals surface area contributed by atoms with Crippen molar-refractivity contribution in [2.24, 2.45) is 0 Å². The highest BCUT2D eigenvalue weighted by Gasteiger charge is 2.53. The van der Waals surface area contributed by atoms with E-state index in [-0.39, 0.29) is 6.61 Å². The van der Waals surface area contributed by atoms with Gasteiger partial charge in [-0.15, -0.1) is 0 Å². The van der Waals surface area contributed by atoms with E-state index in [4.69, 9.17) is 28.4 Å². The van der Waals surface area contributed by atoms with E-state index >= 15 is 0 Å². The number of para-hydroxylation sites is 1. The molecule has 0 saturated carbocycles. The summed E-state index contributed by atoms with van der Waals surface area (Å²) in [4.78, 5) is 46.4. The Hall–Kier alpha value is -3.14. The lowest BCUT2D eigenvalue weighted by Gasteiger charge is -2.43. The number of esters is 4. The quantitative estimate of drug-likeness (QED) is 0.465. The SMILES string of the molecule is CC(=O)OCC1O[C@@H](Oc2ccccc2)[C@H](OC(C)=O)[C@@H](OC(C)=O)[C@@H]1OC(C)=O. The molecule has 1 aromatic rings. The Balaban J connectivity index is 2.42. The average molecular weight is 424 g/mol. The smallest absolute Gasteiger partial charge is 0.303 e. The minimum atomic E-state index is -1.27. The molecule has 10 heteroatoms. The van der Waals surface area contributed by atoms with E-state index in [1.165, 1.54) is 6.92 Å². The molecule has 0 spiro atoms. The molecule has 1 aliphatic heterocycles. The van der Waals surface area contributed by atoms with Crippen LogP contribution in [0.25, 0.3) is 0 Å². The highest BCUT2D eigenvalue weighted by atomic mass is 16.7. The Labute approximate surface area is 173 Å². The van der Waals surface area contributed by atoms with Gasteiger partial charge >= 0.3 is 23.9 Å². The van der Waals surface area contributed by atoms with E-state index in [1.807, 2.05) is 0 Å². The van der Waals surface area contributed by atoms with E-state index in [1.54, 1.807) is 30.3 Å². The lowest BCUT2D eigenvalue weighted by molar-refractivity contribution is -0.288. The van der Waals surface area contributed by atoms with Gasteiger partial charge in [0.25, 0.3) is 0 Å². The lowest BCUT2D eigenvalue weighted by atomic mass is 9.98. The second-order valence-corrected chi connectivity index (χ2v) is 6.50. The molecule has 1 fully saturated rings. The number of hydrogen-bond acceptors (Lipinski definition) is 10. The van der Waals surface area contributed by atoms with Crippen molar-refractivity contribution < 1.29 is 47.6 Å². The van der Waals surface area contributed by atoms with Crippen molar-refractivity contribution >= 4 is 23.9 Å². The molecule has 5 atom stereocenters. The third-order valence-corrected chi connectivity index (χ3v) is 3.94. The van der Waals surface area contributed by atoms with Crippen molar-refractivity contribution in [1.82, 2.24) is 0 Å². The van der Waals surface area contributed by atoms with Gasteiger partial charge in [-0.25, -0.2) is 0 Å². The van der Waals surface area contributed by atoms with E-state index < -0.39 is 54.6 Å². The Bertz CT molecular complexity index is 762. The van der Waals surface area contributed by atoms with Crippen LogP contribution in [0.1, 0.15) is 27.7 Å². The number of carbonyl (C=O) groups is 4. The van der Waals surface area contributed by atoms with Crippen LogP contribution < -0.4 is 4.74 Å². The van der Waals surface area contributed by atoms with Gasteiger partial charge in [-0.2, -0.15) is 0 Å². The van der Waals surface area contributed by atoms with Gasteiger partial charge in [-0.1, -0.05) is 18.2 Å². The summed E-state index contributed by atoms with van der Waals surface area (Å²) in [6.45, 7) is 4.36. The Kier molecular flexibility index (Phi) is 8.16. The first kappa shape index (κ1) is 23.1. The minimum Gasteiger partial charge on any atom is -0.463 e. The zero-order valence-corrected chi connectivity index (χ0v) is 17.1. The van der Waals surface area contributed by atoms with Gasteiger partial charge in [0, 0.05) is 27.7 Å². The molecule has 0 radical (unpaired) electrons. The van der Waals surface area contributed by atoms with Gasteiger partial charge < -0.3 is 28.4 Å². The van der Waals surface area contributed by atoms with E-state index in [0.29, 0.717) is 5.75 Å². The van der Waals surface area contributed by atoms with Gasteiger partial charge in [0.05, 0.1) is 0 Å². The summed E-state index contributed by atoms with van der Waals surface area (Å²) in [6, 6.07) is 8.52. The topological polar surface area (TPSA) is 124 Å². The molecule has 2 rings (SSSR count). The Morgan fingerprint density at radius 3 is 1.83 bits per heavy atom. The first-order chi connectivity index (χ1) is 14.2. The standard InChI is InChI=1S/C20H24O10/c1-11(21)25-10-16-17(26-12(2)22)18(27-13(3)23)19(28-14(4)24)20(30-16)29-15-8-6-5-7-9-15/h5-9,16-20H,10H2,1-4H3/t16?,17-,18+,19-,20-/m1/s1. The van der Waals surface area contributed by atoms with Crippen LogP contribution in [0.4, 0.5) is 0 Å². The highest BCUT2D eigenvalue weighted by molar-refractivity contribution is 5.68. The van der Waals surface area contributed by atoms with Gasteiger partial charge in [0.15, 0.2) is 12.2 Å². The first-order valence-corrected chi connectivity index (χ1v) is 9.19. The predicted molar refractivity (Wildman–Crippen MR) is 99.0 cm³/mol. The summed E-state index contributed by atoms with van der Waals surface area (Å²) in [5.74, 6) is -2.30.